The summed E-state index contributed by atoms with van der Waals surface area (Å²) in [5.41, 5.74) is 1.37. The average molecular weight is 263 g/mol. The van der Waals surface area contributed by atoms with Crippen LogP contribution in [0.2, 0.25) is 0 Å². The summed E-state index contributed by atoms with van der Waals surface area (Å²) in [7, 11) is 0. The maximum atomic E-state index is 13.2. The van der Waals surface area contributed by atoms with E-state index >= 15 is 0 Å². The molecule has 0 unspecified atom stereocenters. The van der Waals surface area contributed by atoms with Crippen molar-refractivity contribution in [3.05, 3.63) is 59.4 Å². The second-order valence-corrected chi connectivity index (χ2v) is 3.86. The Balaban J connectivity index is 2.15. The fraction of sp³-hybridized carbons (Fsp3) is 0.143. The summed E-state index contributed by atoms with van der Waals surface area (Å²) in [6, 6.07) is 8.71. The van der Waals surface area contributed by atoms with Crippen LogP contribution >= 0.6 is 0 Å². The predicted octanol–water partition coefficient (Wildman–Crippen LogP) is 3.14. The second kappa shape index (κ2) is 5.56. The largest absolute Gasteiger partial charge is 0.418 e. The molecular formula is C14H11F2NO2. The number of aryl methyl sites for hydroxylation is 1. The Morgan fingerprint density at radius 2 is 1.84 bits per heavy atom. The molecule has 0 radical (unpaired) electrons. The van der Waals surface area contributed by atoms with Crippen molar-refractivity contribution in [1.29, 1.82) is 0 Å². The van der Waals surface area contributed by atoms with Gasteiger partial charge in [0, 0.05) is 0 Å². The minimum absolute atomic E-state index is 0.293. The highest BCUT2D eigenvalue weighted by molar-refractivity contribution is 5.91. The van der Waals surface area contributed by atoms with E-state index in [0.29, 0.717) is 5.56 Å². The van der Waals surface area contributed by atoms with Gasteiger partial charge < -0.3 is 4.74 Å². The fourth-order valence-corrected chi connectivity index (χ4v) is 1.51. The molecule has 0 N–H and O–H groups in total. The number of ether oxygens (including phenoxy) is 1. The van der Waals surface area contributed by atoms with Gasteiger partial charge in [-0.15, -0.1) is 0 Å². The highest BCUT2D eigenvalue weighted by Crippen LogP contribution is 2.16. The number of pyridine rings is 1. The molecule has 1 heterocycles. The molecule has 0 aliphatic carbocycles. The molecule has 0 saturated heterocycles. The van der Waals surface area contributed by atoms with Crippen molar-refractivity contribution in [2.75, 3.05) is 0 Å². The smallest absolute Gasteiger partial charge is 0.343 e. The molecule has 2 rings (SSSR count). The molecule has 0 amide bonds. The van der Waals surface area contributed by atoms with E-state index in [9.17, 15) is 13.6 Å². The molecule has 0 bridgehead atoms. The lowest BCUT2D eigenvalue weighted by atomic mass is 10.1. The molecule has 1 aromatic carbocycles. The van der Waals surface area contributed by atoms with Crippen molar-refractivity contribution < 1.29 is 18.3 Å². The Morgan fingerprint density at radius 1 is 1.16 bits per heavy atom. The first kappa shape index (κ1) is 13.1. The molecule has 3 nitrogen and oxygen atoms in total. The van der Waals surface area contributed by atoms with E-state index in [0.717, 1.165) is 24.1 Å². The van der Waals surface area contributed by atoms with E-state index in [-0.39, 0.29) is 0 Å². The first-order chi connectivity index (χ1) is 9.10. The zero-order chi connectivity index (χ0) is 13.8. The summed E-state index contributed by atoms with van der Waals surface area (Å²) < 4.78 is 30.6. The van der Waals surface area contributed by atoms with Gasteiger partial charge in [-0.3, -0.25) is 0 Å². The molecule has 2 aromatic rings. The number of esters is 1. The number of aromatic nitrogens is 1. The molecule has 0 atom stereocenters. The fourth-order valence-electron chi connectivity index (χ4n) is 1.51. The lowest BCUT2D eigenvalue weighted by Gasteiger charge is -2.05. The quantitative estimate of drug-likeness (QED) is 0.630. The molecular weight excluding hydrogens is 252 g/mol. The minimum atomic E-state index is -1.15. The van der Waals surface area contributed by atoms with Crippen molar-refractivity contribution in [3.8, 4) is 5.75 Å². The Hall–Kier alpha value is -2.30. The number of hydrogen-bond donors (Lipinski definition) is 0. The Kier molecular flexibility index (Phi) is 3.85. The maximum Gasteiger partial charge on any atom is 0.343 e. The van der Waals surface area contributed by atoms with Gasteiger partial charge in [0.05, 0.1) is 5.56 Å². The third kappa shape index (κ3) is 3.13. The van der Waals surface area contributed by atoms with Crippen LogP contribution in [0.5, 0.6) is 5.75 Å². The monoisotopic (exact) mass is 263 g/mol. The predicted molar refractivity (Wildman–Crippen MR) is 64.9 cm³/mol. The van der Waals surface area contributed by atoms with E-state index in [2.05, 4.69) is 4.98 Å². The van der Waals surface area contributed by atoms with Gasteiger partial charge in [0.25, 0.3) is 5.95 Å². The van der Waals surface area contributed by atoms with E-state index in [1.54, 1.807) is 24.3 Å². The van der Waals surface area contributed by atoms with E-state index in [1.165, 1.54) is 0 Å². The third-order valence-electron chi connectivity index (χ3n) is 2.58. The zero-order valence-corrected chi connectivity index (χ0v) is 10.2. The molecule has 0 saturated carbocycles. The van der Waals surface area contributed by atoms with Crippen LogP contribution in [-0.2, 0) is 6.42 Å². The van der Waals surface area contributed by atoms with Gasteiger partial charge in [-0.2, -0.15) is 13.8 Å². The third-order valence-corrected chi connectivity index (χ3v) is 2.58. The Morgan fingerprint density at radius 3 is 2.42 bits per heavy atom. The number of benzene rings is 1. The number of carbonyl (C=O) groups excluding carboxylic acids is 1. The summed E-state index contributed by atoms with van der Waals surface area (Å²) >= 11 is 0. The van der Waals surface area contributed by atoms with Crippen LogP contribution in [0.1, 0.15) is 22.8 Å². The van der Waals surface area contributed by atoms with Crippen LogP contribution in [0.3, 0.4) is 0 Å². The van der Waals surface area contributed by atoms with E-state index < -0.39 is 23.6 Å². The van der Waals surface area contributed by atoms with Crippen LogP contribution in [0, 0.1) is 11.9 Å². The van der Waals surface area contributed by atoms with Crippen molar-refractivity contribution in [3.63, 3.8) is 0 Å². The molecule has 0 aliphatic rings. The number of nitrogens with zero attached hydrogens (tertiary/aromatic N) is 1. The highest BCUT2D eigenvalue weighted by Gasteiger charge is 2.13. The van der Waals surface area contributed by atoms with Crippen molar-refractivity contribution in [2.45, 2.75) is 13.3 Å². The van der Waals surface area contributed by atoms with Gasteiger partial charge in [0.2, 0.25) is 5.95 Å². The Bertz CT molecular complexity index is 597. The van der Waals surface area contributed by atoms with Gasteiger partial charge in [0.1, 0.15) is 0 Å². The van der Waals surface area contributed by atoms with Crippen molar-refractivity contribution in [1.82, 2.24) is 4.98 Å². The summed E-state index contributed by atoms with van der Waals surface area (Å²) in [5, 5.41) is 0. The topological polar surface area (TPSA) is 39.2 Å². The molecule has 1 aromatic heterocycles. The van der Waals surface area contributed by atoms with Gasteiger partial charge in [-0.1, -0.05) is 19.1 Å². The summed E-state index contributed by atoms with van der Waals surface area (Å²) in [5.74, 6) is -3.23. The van der Waals surface area contributed by atoms with Gasteiger partial charge >= 0.3 is 5.97 Å². The second-order valence-electron chi connectivity index (χ2n) is 3.86. The zero-order valence-electron chi connectivity index (χ0n) is 10.2. The maximum absolute atomic E-state index is 13.2. The molecule has 0 fully saturated rings. The number of carbonyl (C=O) groups is 1. The first-order valence-electron chi connectivity index (χ1n) is 5.73. The highest BCUT2D eigenvalue weighted by atomic mass is 19.1. The lowest BCUT2D eigenvalue weighted by molar-refractivity contribution is 0.0725. The molecule has 5 heteroatoms. The normalized spacial score (nSPS) is 10.3. The summed E-state index contributed by atoms with van der Waals surface area (Å²) in [4.78, 5) is 14.7. The summed E-state index contributed by atoms with van der Waals surface area (Å²) in [6.07, 6.45) is 0.853. The van der Waals surface area contributed by atoms with E-state index in [4.69, 9.17) is 4.74 Å². The molecule has 98 valence electrons. The van der Waals surface area contributed by atoms with Crippen LogP contribution in [-0.4, -0.2) is 11.0 Å². The molecule has 0 spiro atoms. The van der Waals surface area contributed by atoms with Gasteiger partial charge in [-0.25, -0.2) is 4.79 Å². The van der Waals surface area contributed by atoms with Crippen LogP contribution in [0.15, 0.2) is 36.4 Å². The molecule has 19 heavy (non-hydrogen) atoms. The standard InChI is InChI=1S/C14H11F2NO2/c1-2-9-3-5-10(6-4-9)14(18)19-11-7-8-12(15)17-13(11)16/h3-8H,2H2,1H3. The Labute approximate surface area is 108 Å². The molecule has 0 aliphatic heterocycles. The first-order valence-corrected chi connectivity index (χ1v) is 5.73. The van der Waals surface area contributed by atoms with Crippen molar-refractivity contribution in [2.24, 2.45) is 0 Å². The van der Waals surface area contributed by atoms with Crippen LogP contribution in [0.4, 0.5) is 8.78 Å². The number of hydrogen-bond acceptors (Lipinski definition) is 3. The van der Waals surface area contributed by atoms with Crippen LogP contribution < -0.4 is 4.74 Å². The van der Waals surface area contributed by atoms with Crippen LogP contribution in [0.25, 0.3) is 0 Å². The van der Waals surface area contributed by atoms with Gasteiger partial charge in [0.15, 0.2) is 5.75 Å². The number of halogens is 2. The van der Waals surface area contributed by atoms with Gasteiger partial charge in [-0.05, 0) is 36.2 Å². The van der Waals surface area contributed by atoms with E-state index in [1.807, 2.05) is 6.92 Å². The van der Waals surface area contributed by atoms with Crippen molar-refractivity contribution >= 4 is 5.97 Å². The minimum Gasteiger partial charge on any atom is -0.418 e. The summed E-state index contributed by atoms with van der Waals surface area (Å²) in [6.45, 7) is 1.99. The lowest BCUT2D eigenvalue weighted by Crippen LogP contribution is -2.10. The SMILES string of the molecule is CCc1ccc(C(=O)Oc2ccc(F)nc2F)cc1. The average Bonchev–Trinajstić information content (AvgIpc) is 2.42. The number of rotatable bonds is 3.